The van der Waals surface area contributed by atoms with E-state index in [1.54, 1.807) is 24.3 Å². The van der Waals surface area contributed by atoms with Crippen LogP contribution in [-0.2, 0) is 19.2 Å². The van der Waals surface area contributed by atoms with Gasteiger partial charge in [0.05, 0.1) is 22.3 Å². The Hall–Kier alpha value is -5.40. The number of ether oxygens (including phenoxy) is 2. The van der Waals surface area contributed by atoms with Crippen LogP contribution in [0.4, 0.5) is 0 Å². The van der Waals surface area contributed by atoms with Crippen LogP contribution in [0.3, 0.4) is 0 Å². The van der Waals surface area contributed by atoms with Gasteiger partial charge in [-0.25, -0.2) is 0 Å². The van der Waals surface area contributed by atoms with E-state index in [0.29, 0.717) is 11.5 Å². The molecule has 0 radical (unpaired) electrons. The molecule has 4 heterocycles. The minimum absolute atomic E-state index is 0.0924. The number of rotatable bonds is 4. The number of benzene rings is 2. The van der Waals surface area contributed by atoms with Crippen molar-refractivity contribution in [3.63, 3.8) is 0 Å². The molecule has 2 saturated heterocycles. The van der Waals surface area contributed by atoms with E-state index in [4.69, 9.17) is 9.47 Å². The number of carbonyl (C=O) groups is 8. The molecule has 8 amide bonds. The highest BCUT2D eigenvalue weighted by atomic mass is 16.5. The molecular weight excluding hydrogens is 672 g/mol. The Labute approximate surface area is 303 Å². The Morgan fingerprint density at radius 3 is 1.15 bits per heavy atom. The molecule has 14 nitrogen and oxygen atoms in total. The zero-order valence-electron chi connectivity index (χ0n) is 31.4. The summed E-state index contributed by atoms with van der Waals surface area (Å²) in [4.78, 5) is 99.4. The smallest absolute Gasteiger partial charge is 0.266 e. The van der Waals surface area contributed by atoms with Crippen molar-refractivity contribution in [2.75, 3.05) is 0 Å². The maximum absolute atomic E-state index is 12.8. The first-order valence-electron chi connectivity index (χ1n) is 17.4. The van der Waals surface area contributed by atoms with E-state index >= 15 is 0 Å². The van der Waals surface area contributed by atoms with Crippen molar-refractivity contribution in [3.05, 3.63) is 58.7 Å². The predicted molar refractivity (Wildman–Crippen MR) is 190 cm³/mol. The van der Waals surface area contributed by atoms with Crippen LogP contribution in [-0.4, -0.2) is 80.3 Å². The fourth-order valence-electron chi connectivity index (χ4n) is 5.80. The van der Waals surface area contributed by atoms with E-state index in [1.807, 2.05) is 69.2 Å². The summed E-state index contributed by atoms with van der Waals surface area (Å²) in [6.07, 6.45) is 0.446. The lowest BCUT2D eigenvalue weighted by Gasteiger charge is -2.28. The summed E-state index contributed by atoms with van der Waals surface area (Å²) >= 11 is 0. The third kappa shape index (κ3) is 8.72. The molecule has 2 atom stereocenters. The Morgan fingerprint density at radius 2 is 0.865 bits per heavy atom. The molecule has 2 aromatic carbocycles. The topological polar surface area (TPSA) is 186 Å². The Morgan fingerprint density at radius 1 is 0.538 bits per heavy atom. The molecular formula is C38H48N4O10. The highest BCUT2D eigenvalue weighted by Gasteiger charge is 2.47. The lowest BCUT2D eigenvalue weighted by Crippen LogP contribution is -2.54. The first kappa shape index (κ1) is 41.0. The number of amides is 8. The molecule has 0 bridgehead atoms. The summed E-state index contributed by atoms with van der Waals surface area (Å²) < 4.78 is 11.6. The van der Waals surface area contributed by atoms with Gasteiger partial charge in [0.2, 0.25) is 23.6 Å². The van der Waals surface area contributed by atoms with Gasteiger partial charge in [-0.05, 0) is 78.6 Å². The molecule has 4 aliphatic rings. The van der Waals surface area contributed by atoms with Gasteiger partial charge in [0, 0.05) is 12.8 Å². The predicted octanol–water partition coefficient (Wildman–Crippen LogP) is 4.58. The molecule has 2 N–H and O–H groups in total. The third-order valence-electron chi connectivity index (χ3n) is 7.69. The van der Waals surface area contributed by atoms with Gasteiger partial charge >= 0.3 is 0 Å². The molecule has 2 aromatic rings. The van der Waals surface area contributed by atoms with Gasteiger partial charge in [-0.1, -0.05) is 39.8 Å². The lowest BCUT2D eigenvalue weighted by atomic mass is 10.0. The van der Waals surface area contributed by atoms with E-state index in [-0.39, 0.29) is 47.9 Å². The van der Waals surface area contributed by atoms with Crippen molar-refractivity contribution in [2.45, 2.75) is 118 Å². The van der Waals surface area contributed by atoms with Crippen molar-refractivity contribution in [2.24, 2.45) is 0 Å². The van der Waals surface area contributed by atoms with Crippen molar-refractivity contribution < 1.29 is 47.8 Å². The summed E-state index contributed by atoms with van der Waals surface area (Å²) in [7, 11) is 0. The zero-order chi connectivity index (χ0) is 39.3. The monoisotopic (exact) mass is 720 g/mol. The molecule has 280 valence electrons. The van der Waals surface area contributed by atoms with E-state index in [0.717, 1.165) is 9.80 Å². The van der Waals surface area contributed by atoms with Gasteiger partial charge in [0.15, 0.2) is 0 Å². The number of nitrogens with one attached hydrogen (secondary N) is 2. The number of nitrogens with zero attached hydrogens (tertiary/aromatic N) is 2. The Balaban J connectivity index is 0.000000256. The SMILES string of the molecule is CC.CC.CC(C)(C)Oc1cccc2c1C(=O)N(C1CCC(=O)NC1=O)C2=O.CC(C)(C)Oc1cccc2c1C(=O)N(C1CCC(=O)NC1=O)C2=O. The first-order chi connectivity index (χ1) is 24.4. The molecule has 4 aliphatic heterocycles. The van der Waals surface area contributed by atoms with Crippen LogP contribution in [0.15, 0.2) is 36.4 Å². The van der Waals surface area contributed by atoms with Crippen molar-refractivity contribution in [1.29, 1.82) is 0 Å². The summed E-state index contributed by atoms with van der Waals surface area (Å²) in [5.41, 5.74) is -0.316. The van der Waals surface area contributed by atoms with Gasteiger partial charge in [0.1, 0.15) is 34.8 Å². The van der Waals surface area contributed by atoms with Gasteiger partial charge in [0.25, 0.3) is 23.6 Å². The van der Waals surface area contributed by atoms with E-state index in [2.05, 4.69) is 10.6 Å². The molecule has 0 spiro atoms. The third-order valence-corrected chi connectivity index (χ3v) is 7.69. The second-order valence-electron chi connectivity index (χ2n) is 13.7. The van der Waals surface area contributed by atoms with Crippen LogP contribution in [0.1, 0.15) is 136 Å². The number of imide groups is 4. The second kappa shape index (κ2) is 16.3. The van der Waals surface area contributed by atoms with Crippen LogP contribution in [0.25, 0.3) is 0 Å². The fraction of sp³-hybridized carbons (Fsp3) is 0.474. The van der Waals surface area contributed by atoms with Crippen LogP contribution >= 0.6 is 0 Å². The summed E-state index contributed by atoms with van der Waals surface area (Å²) in [6, 6.07) is 7.66. The van der Waals surface area contributed by atoms with Crippen molar-refractivity contribution in [1.82, 2.24) is 20.4 Å². The number of carbonyl (C=O) groups excluding carboxylic acids is 8. The van der Waals surface area contributed by atoms with Crippen LogP contribution in [0.5, 0.6) is 11.5 Å². The average Bonchev–Trinajstić information content (AvgIpc) is 3.47. The highest BCUT2D eigenvalue weighted by Crippen LogP contribution is 2.36. The maximum Gasteiger partial charge on any atom is 0.266 e. The minimum Gasteiger partial charge on any atom is -0.487 e. The fourth-order valence-corrected chi connectivity index (χ4v) is 5.80. The number of hydrogen-bond acceptors (Lipinski definition) is 10. The average molecular weight is 721 g/mol. The Bertz CT molecular complexity index is 1660. The minimum atomic E-state index is -0.974. The molecule has 0 aliphatic carbocycles. The van der Waals surface area contributed by atoms with Gasteiger partial charge < -0.3 is 9.47 Å². The number of hydrogen-bond donors (Lipinski definition) is 2. The van der Waals surface area contributed by atoms with Crippen LogP contribution in [0.2, 0.25) is 0 Å². The lowest BCUT2D eigenvalue weighted by molar-refractivity contribution is -0.137. The maximum atomic E-state index is 12.8. The van der Waals surface area contributed by atoms with Crippen molar-refractivity contribution in [3.8, 4) is 11.5 Å². The quantitative estimate of drug-likeness (QED) is 0.424. The molecule has 2 unspecified atom stereocenters. The zero-order valence-corrected chi connectivity index (χ0v) is 31.4. The van der Waals surface area contributed by atoms with E-state index < -0.39 is 70.5 Å². The first-order valence-corrected chi connectivity index (χ1v) is 17.4. The molecule has 0 aromatic heterocycles. The van der Waals surface area contributed by atoms with E-state index in [1.165, 1.54) is 12.1 Å². The largest absolute Gasteiger partial charge is 0.487 e. The number of fused-ring (bicyclic) bond motifs is 2. The normalized spacial score (nSPS) is 19.6. The van der Waals surface area contributed by atoms with Gasteiger partial charge in [-0.2, -0.15) is 0 Å². The van der Waals surface area contributed by atoms with Gasteiger partial charge in [-0.15, -0.1) is 0 Å². The molecule has 6 rings (SSSR count). The number of piperidine rings is 2. The highest BCUT2D eigenvalue weighted by molar-refractivity contribution is 6.25. The molecule has 14 heteroatoms. The van der Waals surface area contributed by atoms with Crippen LogP contribution < -0.4 is 20.1 Å². The molecule has 0 saturated carbocycles. The summed E-state index contributed by atoms with van der Waals surface area (Å²) in [5, 5.41) is 4.34. The van der Waals surface area contributed by atoms with E-state index in [9.17, 15) is 38.4 Å². The Kier molecular flexibility index (Phi) is 12.9. The van der Waals surface area contributed by atoms with Crippen molar-refractivity contribution >= 4 is 47.3 Å². The molecule has 2 fully saturated rings. The summed E-state index contributed by atoms with van der Waals surface area (Å²) in [6.45, 7) is 19.0. The second-order valence-corrected chi connectivity index (χ2v) is 13.7. The standard InChI is InChI=1S/2C17H18N2O5.2C2H6/c2*1-17(2,3)24-11-6-4-5-9-13(11)16(23)19(15(9)22)10-7-8-12(20)18-14(10)21;2*1-2/h2*4-6,10H,7-8H2,1-3H3,(H,18,20,21);2*1-2H3. The van der Waals surface area contributed by atoms with Crippen LogP contribution in [0, 0.1) is 0 Å². The molecule has 52 heavy (non-hydrogen) atoms. The summed E-state index contributed by atoms with van der Waals surface area (Å²) in [5.74, 6) is -3.63. The van der Waals surface area contributed by atoms with Gasteiger partial charge in [-0.3, -0.25) is 58.8 Å².